The van der Waals surface area contributed by atoms with E-state index in [9.17, 15) is 28.8 Å². The normalized spacial score (nSPS) is 24.4. The number of imide groups is 1. The minimum atomic E-state index is -1.24. The van der Waals surface area contributed by atoms with Crippen molar-refractivity contribution in [2.24, 2.45) is 0 Å². The van der Waals surface area contributed by atoms with Gasteiger partial charge < -0.3 is 29.0 Å². The molecule has 2 heterocycles. The number of nitrogens with zero attached hydrogens (tertiary/aromatic N) is 1. The van der Waals surface area contributed by atoms with Gasteiger partial charge in [-0.2, -0.15) is 0 Å². The number of hydrogen-bond donors (Lipinski definition) is 1. The highest BCUT2D eigenvalue weighted by molar-refractivity contribution is 6.21. The third kappa shape index (κ3) is 6.92. The predicted octanol–water partition coefficient (Wildman–Crippen LogP) is 0.345. The zero-order valence-electron chi connectivity index (χ0n) is 21.5. The summed E-state index contributed by atoms with van der Waals surface area (Å²) in [5, 5.41) is 2.60. The summed E-state index contributed by atoms with van der Waals surface area (Å²) in [4.78, 5) is 73.4. The van der Waals surface area contributed by atoms with E-state index in [2.05, 4.69) is 5.32 Å². The third-order valence-electron chi connectivity index (χ3n) is 5.76. The average Bonchev–Trinajstić information content (AvgIpc) is 3.08. The molecule has 1 N–H and O–H groups in total. The van der Waals surface area contributed by atoms with Gasteiger partial charge >= 0.3 is 17.9 Å². The lowest BCUT2D eigenvalue weighted by Crippen LogP contribution is -2.66. The van der Waals surface area contributed by atoms with Crippen molar-refractivity contribution in [1.82, 2.24) is 10.2 Å². The fraction of sp³-hybridized carbons (Fsp3) is 0.520. The number of esters is 3. The van der Waals surface area contributed by atoms with Crippen LogP contribution in [0.4, 0.5) is 0 Å². The van der Waals surface area contributed by atoms with Crippen LogP contribution >= 0.6 is 0 Å². The monoisotopic (exact) mass is 534 g/mol. The quantitative estimate of drug-likeness (QED) is 0.191. The van der Waals surface area contributed by atoms with Crippen LogP contribution in [0.25, 0.3) is 0 Å². The molecule has 38 heavy (non-hydrogen) atoms. The molecule has 2 aliphatic rings. The van der Waals surface area contributed by atoms with Gasteiger partial charge in [-0.3, -0.25) is 33.7 Å². The van der Waals surface area contributed by atoms with Gasteiger partial charge in [0.1, 0.15) is 18.8 Å². The summed E-state index contributed by atoms with van der Waals surface area (Å²) in [5.74, 6) is -3.38. The van der Waals surface area contributed by atoms with Crippen LogP contribution in [0.15, 0.2) is 24.3 Å². The molecule has 1 aromatic rings. The van der Waals surface area contributed by atoms with Gasteiger partial charge in [-0.25, -0.2) is 0 Å². The van der Waals surface area contributed by atoms with E-state index in [0.29, 0.717) is 11.1 Å². The van der Waals surface area contributed by atoms with Crippen LogP contribution in [0.3, 0.4) is 0 Å². The summed E-state index contributed by atoms with van der Waals surface area (Å²) in [6.45, 7) is 4.37. The predicted molar refractivity (Wildman–Crippen MR) is 126 cm³/mol. The smallest absolute Gasteiger partial charge is 0.303 e. The van der Waals surface area contributed by atoms with Crippen LogP contribution in [-0.2, 0) is 42.9 Å². The van der Waals surface area contributed by atoms with Crippen LogP contribution in [0.2, 0.25) is 0 Å². The Labute approximate surface area is 218 Å². The second kappa shape index (κ2) is 12.6. The molecule has 3 rings (SSSR count). The Kier molecular flexibility index (Phi) is 9.53. The second-order valence-electron chi connectivity index (χ2n) is 8.75. The number of ether oxygens (including phenoxy) is 5. The summed E-state index contributed by atoms with van der Waals surface area (Å²) in [7, 11) is 0. The Balaban J connectivity index is 1.74. The van der Waals surface area contributed by atoms with Crippen LogP contribution in [0, 0.1) is 0 Å². The van der Waals surface area contributed by atoms with E-state index < -0.39 is 66.3 Å². The van der Waals surface area contributed by atoms with Crippen LogP contribution in [0.1, 0.15) is 54.8 Å². The highest BCUT2D eigenvalue weighted by Crippen LogP contribution is 2.28. The number of nitrogens with one attached hydrogen (secondary N) is 1. The highest BCUT2D eigenvalue weighted by atomic mass is 16.7. The summed E-state index contributed by atoms with van der Waals surface area (Å²) in [6.07, 6.45) is -4.57. The minimum Gasteiger partial charge on any atom is -0.463 e. The van der Waals surface area contributed by atoms with Gasteiger partial charge in [-0.1, -0.05) is 12.1 Å². The number of hydrogen-bond acceptors (Lipinski definition) is 11. The molecule has 0 radical (unpaired) electrons. The van der Waals surface area contributed by atoms with Crippen molar-refractivity contribution in [3.63, 3.8) is 0 Å². The molecule has 3 amide bonds. The molecule has 13 nitrogen and oxygen atoms in total. The molecule has 1 saturated heterocycles. The fourth-order valence-corrected chi connectivity index (χ4v) is 4.30. The topological polar surface area (TPSA) is 164 Å². The van der Waals surface area contributed by atoms with Gasteiger partial charge in [0.2, 0.25) is 5.91 Å². The molecule has 0 bridgehead atoms. The van der Waals surface area contributed by atoms with Gasteiger partial charge in [0.05, 0.1) is 17.7 Å². The van der Waals surface area contributed by atoms with E-state index in [0.717, 1.165) is 18.7 Å². The lowest BCUT2D eigenvalue weighted by molar-refractivity contribution is -0.277. The molecular formula is C25H30N2O11. The first kappa shape index (κ1) is 28.7. The molecule has 1 fully saturated rings. The van der Waals surface area contributed by atoms with E-state index >= 15 is 0 Å². The fourth-order valence-electron chi connectivity index (χ4n) is 4.30. The number of carbonyl (C=O) groups is 6. The maximum atomic E-state index is 12.6. The van der Waals surface area contributed by atoms with Gasteiger partial charge in [0, 0.05) is 34.2 Å². The number of benzene rings is 1. The van der Waals surface area contributed by atoms with Crippen LogP contribution in [-0.4, -0.2) is 90.9 Å². The van der Waals surface area contributed by atoms with E-state index in [-0.39, 0.29) is 26.2 Å². The number of fused-ring (bicyclic) bond motifs is 1. The number of carbonyl (C=O) groups excluding carboxylic acids is 6. The summed E-state index contributed by atoms with van der Waals surface area (Å²) in [5.41, 5.74) is 0.655. The molecular weight excluding hydrogens is 504 g/mol. The number of rotatable bonds is 10. The highest BCUT2D eigenvalue weighted by Gasteiger charge is 2.51. The molecule has 206 valence electrons. The molecule has 1 aromatic carbocycles. The Morgan fingerprint density at radius 1 is 0.895 bits per heavy atom. The standard InChI is InChI=1S/C25H30N2O11/c1-13(28)26-20-22(37-16(4)31)21(36-15(3)30)19(12-35-14(2)29)38-25(20)34-11-7-10-27-23(32)17-8-5-6-9-18(17)24(27)33/h5-6,8-9,19-22,25H,7,10-12H2,1-4H3,(H,26,28)/t19-,20-,21+,22+,25-/m0/s1. The van der Waals surface area contributed by atoms with Gasteiger partial charge in [0.15, 0.2) is 18.5 Å². The van der Waals surface area contributed by atoms with E-state index in [1.165, 1.54) is 13.8 Å². The summed E-state index contributed by atoms with van der Waals surface area (Å²) >= 11 is 0. The Hall–Kier alpha value is -3.84. The second-order valence-corrected chi connectivity index (χ2v) is 8.75. The lowest BCUT2D eigenvalue weighted by Gasteiger charge is -2.45. The van der Waals surface area contributed by atoms with Crippen LogP contribution in [0.5, 0.6) is 0 Å². The summed E-state index contributed by atoms with van der Waals surface area (Å²) in [6, 6.07) is 5.41. The third-order valence-corrected chi connectivity index (χ3v) is 5.76. The zero-order valence-corrected chi connectivity index (χ0v) is 21.5. The minimum absolute atomic E-state index is 0.0283. The largest absolute Gasteiger partial charge is 0.463 e. The van der Waals surface area contributed by atoms with Gasteiger partial charge in [0.25, 0.3) is 11.8 Å². The molecule has 5 atom stereocenters. The lowest BCUT2D eigenvalue weighted by atomic mass is 9.96. The maximum absolute atomic E-state index is 12.6. The Morgan fingerprint density at radius 3 is 2.00 bits per heavy atom. The van der Waals surface area contributed by atoms with E-state index in [4.69, 9.17) is 23.7 Å². The van der Waals surface area contributed by atoms with Crippen molar-refractivity contribution in [3.05, 3.63) is 35.4 Å². The van der Waals surface area contributed by atoms with Crippen molar-refractivity contribution in [3.8, 4) is 0 Å². The van der Waals surface area contributed by atoms with Crippen molar-refractivity contribution in [2.75, 3.05) is 19.8 Å². The first-order valence-electron chi connectivity index (χ1n) is 12.0. The maximum Gasteiger partial charge on any atom is 0.303 e. The van der Waals surface area contributed by atoms with E-state index in [1.54, 1.807) is 24.3 Å². The van der Waals surface area contributed by atoms with Crippen molar-refractivity contribution in [2.45, 2.75) is 64.8 Å². The van der Waals surface area contributed by atoms with Crippen molar-refractivity contribution < 1.29 is 52.5 Å². The summed E-state index contributed by atoms with van der Waals surface area (Å²) < 4.78 is 27.5. The van der Waals surface area contributed by atoms with Crippen LogP contribution < -0.4 is 5.32 Å². The molecule has 0 unspecified atom stereocenters. The molecule has 0 aromatic heterocycles. The first-order chi connectivity index (χ1) is 18.0. The molecule has 0 saturated carbocycles. The van der Waals surface area contributed by atoms with Crippen molar-refractivity contribution >= 4 is 35.6 Å². The Morgan fingerprint density at radius 2 is 1.47 bits per heavy atom. The van der Waals surface area contributed by atoms with Gasteiger partial charge in [-0.05, 0) is 18.6 Å². The molecule has 0 spiro atoms. The SMILES string of the molecule is CC(=O)N[C@@H]1[C@@H](OCCCN2C(=O)c3ccccc3C2=O)O[C@@H](COC(C)=O)[C@@H](OC(C)=O)[C@@H]1OC(C)=O. The van der Waals surface area contributed by atoms with Crippen molar-refractivity contribution in [1.29, 1.82) is 0 Å². The van der Waals surface area contributed by atoms with Gasteiger partial charge in [-0.15, -0.1) is 0 Å². The average molecular weight is 535 g/mol. The molecule has 0 aliphatic carbocycles. The molecule has 2 aliphatic heterocycles. The molecule has 13 heteroatoms. The zero-order chi connectivity index (χ0) is 28.0. The number of amides is 3. The first-order valence-corrected chi connectivity index (χ1v) is 12.0. The van der Waals surface area contributed by atoms with E-state index in [1.807, 2.05) is 0 Å². The Bertz CT molecular complexity index is 1070.